The second kappa shape index (κ2) is 17.6. The molecule has 0 N–H and O–H groups in total. The molecule has 7 nitrogen and oxygen atoms in total. The molecule has 0 spiro atoms. The number of amides is 1. The molecule has 0 bridgehead atoms. The van der Waals surface area contributed by atoms with E-state index in [1.807, 2.05) is 93.6 Å². The molecule has 1 amide bonds. The first-order valence-electron chi connectivity index (χ1n) is 18.5. The topological polar surface area (TPSA) is 74.3 Å². The minimum Gasteiger partial charge on any atom is -0.444 e. The summed E-state index contributed by atoms with van der Waals surface area (Å²) in [5.41, 5.74) is 1.34. The first-order valence-corrected chi connectivity index (χ1v) is 20.4. The van der Waals surface area contributed by atoms with Crippen molar-refractivity contribution in [3.8, 4) is 0 Å². The third-order valence-corrected chi connectivity index (χ3v) is 14.5. The van der Waals surface area contributed by atoms with Crippen LogP contribution in [0.5, 0.6) is 0 Å². The van der Waals surface area contributed by atoms with Crippen molar-refractivity contribution < 1.29 is 28.2 Å². The summed E-state index contributed by atoms with van der Waals surface area (Å²) in [5.74, 6) is 0.126. The fourth-order valence-corrected chi connectivity index (χ4v) is 11.7. The number of carbonyl (C=O) groups excluding carboxylic acids is 2. The van der Waals surface area contributed by atoms with Crippen molar-refractivity contribution in [1.82, 2.24) is 4.90 Å². The van der Waals surface area contributed by atoms with Gasteiger partial charge in [0.2, 0.25) is 0 Å². The summed E-state index contributed by atoms with van der Waals surface area (Å²) in [6.45, 7) is 13.6. The molecule has 1 aliphatic rings. The zero-order valence-electron chi connectivity index (χ0n) is 31.6. The number of hydrogen-bond acceptors (Lipinski definition) is 6. The smallest absolute Gasteiger partial charge is 0.413 e. The molecule has 4 aromatic carbocycles. The molecule has 0 saturated carbocycles. The monoisotopic (exact) mass is 721 g/mol. The summed E-state index contributed by atoms with van der Waals surface area (Å²) in [6.07, 6.45) is -0.212. The molecule has 52 heavy (non-hydrogen) atoms. The van der Waals surface area contributed by atoms with Crippen molar-refractivity contribution in [3.05, 3.63) is 132 Å². The SMILES string of the molecule is CC(C)(C)OC(=O)N1[C@@H]([C@@H](CCC(=O)CCCOCc2ccccc2)O[Si](c2ccccc2)(c2ccccc2)C(C)(C)C)OC[C@H]1c1ccccc1. The van der Waals surface area contributed by atoms with Gasteiger partial charge in [-0.25, -0.2) is 4.79 Å². The minimum atomic E-state index is -3.12. The second-order valence-electron chi connectivity index (χ2n) is 15.6. The Morgan fingerprint density at radius 1 is 0.769 bits per heavy atom. The van der Waals surface area contributed by atoms with E-state index in [4.69, 9.17) is 18.6 Å². The number of benzene rings is 4. The van der Waals surface area contributed by atoms with E-state index in [9.17, 15) is 9.59 Å². The first-order chi connectivity index (χ1) is 24.9. The number of nitrogens with zero attached hydrogens (tertiary/aromatic N) is 1. The van der Waals surface area contributed by atoms with E-state index in [1.54, 1.807) is 4.90 Å². The van der Waals surface area contributed by atoms with Crippen LogP contribution < -0.4 is 10.4 Å². The molecule has 276 valence electrons. The first kappa shape index (κ1) is 39.1. The maximum Gasteiger partial charge on any atom is 0.413 e. The van der Waals surface area contributed by atoms with Crippen molar-refractivity contribution in [2.24, 2.45) is 0 Å². The molecule has 0 aliphatic carbocycles. The van der Waals surface area contributed by atoms with Gasteiger partial charge in [-0.05, 0) is 60.2 Å². The summed E-state index contributed by atoms with van der Waals surface area (Å²) >= 11 is 0. The van der Waals surface area contributed by atoms with Crippen LogP contribution in [-0.2, 0) is 30.0 Å². The van der Waals surface area contributed by atoms with E-state index in [0.717, 1.165) is 21.5 Å². The van der Waals surface area contributed by atoms with Gasteiger partial charge in [0.05, 0.1) is 25.4 Å². The van der Waals surface area contributed by atoms with E-state index >= 15 is 0 Å². The van der Waals surface area contributed by atoms with Crippen LogP contribution in [0.15, 0.2) is 121 Å². The number of carbonyl (C=O) groups is 2. The normalized spacial score (nSPS) is 17.2. The molecular weight excluding hydrogens is 667 g/mol. The predicted molar refractivity (Wildman–Crippen MR) is 209 cm³/mol. The Hall–Kier alpha value is -4.08. The van der Waals surface area contributed by atoms with Crippen LogP contribution in [0, 0.1) is 0 Å². The molecule has 5 rings (SSSR count). The lowest BCUT2D eigenvalue weighted by atomic mass is 10.0. The second-order valence-corrected chi connectivity index (χ2v) is 19.8. The van der Waals surface area contributed by atoms with Crippen LogP contribution in [0.3, 0.4) is 0 Å². The average Bonchev–Trinajstić information content (AvgIpc) is 3.58. The maximum absolute atomic E-state index is 14.2. The Morgan fingerprint density at radius 2 is 1.31 bits per heavy atom. The van der Waals surface area contributed by atoms with Gasteiger partial charge in [-0.15, -0.1) is 0 Å². The van der Waals surface area contributed by atoms with Crippen molar-refractivity contribution in [2.45, 2.75) is 103 Å². The molecule has 0 aromatic heterocycles. The Kier molecular flexibility index (Phi) is 13.3. The van der Waals surface area contributed by atoms with Gasteiger partial charge in [-0.3, -0.25) is 9.69 Å². The molecule has 3 atom stereocenters. The van der Waals surface area contributed by atoms with Crippen LogP contribution in [-0.4, -0.2) is 56.2 Å². The van der Waals surface area contributed by atoms with E-state index in [2.05, 4.69) is 69.3 Å². The van der Waals surface area contributed by atoms with Crippen LogP contribution >= 0.6 is 0 Å². The van der Waals surface area contributed by atoms with Crippen molar-refractivity contribution in [1.29, 1.82) is 0 Å². The average molecular weight is 722 g/mol. The maximum atomic E-state index is 14.2. The number of ether oxygens (including phenoxy) is 3. The molecule has 4 aromatic rings. The van der Waals surface area contributed by atoms with Crippen LogP contribution in [0.1, 0.15) is 84.4 Å². The van der Waals surface area contributed by atoms with Gasteiger partial charge in [0.25, 0.3) is 8.32 Å². The van der Waals surface area contributed by atoms with Crippen LogP contribution in [0.4, 0.5) is 4.79 Å². The standard InChI is InChI=1S/C44H55NO6Si/c1-43(2,3)50-42(47)45-39(35-22-13-8-14-23-35)33-49-41(45)40(30-29-36(46)24-19-31-48-32-34-20-11-7-12-21-34)51-52(44(4,5)6,37-25-15-9-16-26-37)38-27-17-10-18-28-38/h7-18,20-23,25-28,39-41H,19,24,29-33H2,1-6H3/t39-,40+,41+/m0/s1. The molecule has 1 aliphatic heterocycles. The van der Waals surface area contributed by atoms with Crippen LogP contribution in [0.25, 0.3) is 0 Å². The van der Waals surface area contributed by atoms with E-state index in [0.29, 0.717) is 32.5 Å². The molecule has 0 unspecified atom stereocenters. The van der Waals surface area contributed by atoms with Gasteiger partial charge < -0.3 is 18.6 Å². The highest BCUT2D eigenvalue weighted by molar-refractivity contribution is 6.99. The third-order valence-electron chi connectivity index (χ3n) is 9.45. The highest BCUT2D eigenvalue weighted by Gasteiger charge is 2.54. The zero-order valence-corrected chi connectivity index (χ0v) is 32.6. The van der Waals surface area contributed by atoms with Crippen LogP contribution in [0.2, 0.25) is 5.04 Å². The molecular formula is C44H55NO6Si. The lowest BCUT2D eigenvalue weighted by Crippen LogP contribution is -2.69. The van der Waals surface area contributed by atoms with E-state index < -0.39 is 32.3 Å². The Morgan fingerprint density at radius 3 is 1.85 bits per heavy atom. The minimum absolute atomic E-state index is 0.126. The van der Waals surface area contributed by atoms with Gasteiger partial charge in [-0.1, -0.05) is 142 Å². The molecule has 1 saturated heterocycles. The van der Waals surface area contributed by atoms with Gasteiger partial charge >= 0.3 is 6.09 Å². The molecule has 0 radical (unpaired) electrons. The largest absolute Gasteiger partial charge is 0.444 e. The number of rotatable bonds is 15. The highest BCUT2D eigenvalue weighted by Crippen LogP contribution is 2.41. The Bertz CT molecular complexity index is 1650. The van der Waals surface area contributed by atoms with Gasteiger partial charge in [-0.2, -0.15) is 0 Å². The van der Waals surface area contributed by atoms with Crippen molar-refractivity contribution >= 4 is 30.6 Å². The summed E-state index contributed by atoms with van der Waals surface area (Å²) in [4.78, 5) is 29.5. The number of hydrogen-bond donors (Lipinski definition) is 0. The lowest BCUT2D eigenvalue weighted by molar-refractivity contribution is -0.120. The number of Topliss-reactive ketones (excluding diaryl/α,β-unsaturated/α-hetero) is 1. The Labute approximate surface area is 311 Å². The lowest BCUT2D eigenvalue weighted by Gasteiger charge is -2.47. The molecule has 1 heterocycles. The highest BCUT2D eigenvalue weighted by atomic mass is 28.4. The van der Waals surface area contributed by atoms with Crippen molar-refractivity contribution in [3.63, 3.8) is 0 Å². The Balaban J connectivity index is 1.48. The van der Waals surface area contributed by atoms with E-state index in [1.165, 1.54) is 0 Å². The van der Waals surface area contributed by atoms with E-state index in [-0.39, 0.29) is 29.9 Å². The fourth-order valence-electron chi connectivity index (χ4n) is 7.03. The number of ketones is 1. The quantitative estimate of drug-likeness (QED) is 0.0905. The summed E-state index contributed by atoms with van der Waals surface area (Å²) in [7, 11) is -3.12. The van der Waals surface area contributed by atoms with Gasteiger partial charge in [0.1, 0.15) is 11.4 Å². The molecule has 8 heteroatoms. The zero-order chi connectivity index (χ0) is 37.2. The summed E-state index contributed by atoms with van der Waals surface area (Å²) in [5, 5.41) is 1.89. The third kappa shape index (κ3) is 9.86. The van der Waals surface area contributed by atoms with Crippen molar-refractivity contribution in [2.75, 3.05) is 13.2 Å². The summed E-state index contributed by atoms with van der Waals surface area (Å²) < 4.78 is 26.2. The molecule has 1 fully saturated rings. The fraction of sp³-hybridized carbons (Fsp3) is 0.409. The predicted octanol–water partition coefficient (Wildman–Crippen LogP) is 8.61. The van der Waals surface area contributed by atoms with Gasteiger partial charge in [0.15, 0.2) is 6.23 Å². The summed E-state index contributed by atoms with van der Waals surface area (Å²) in [6, 6.07) is 40.4. The van der Waals surface area contributed by atoms with Gasteiger partial charge in [0, 0.05) is 19.4 Å².